The molecule has 5 nitrogen and oxygen atoms in total. The molecular formula is C20H18BrClF2N2O3. The maximum absolute atomic E-state index is 14.7. The summed E-state index contributed by atoms with van der Waals surface area (Å²) in [5, 5.41) is 0.358. The lowest BCUT2D eigenvalue weighted by Crippen LogP contribution is -2.10. The number of aromatic nitrogens is 2. The molecule has 2 aromatic carbocycles. The smallest absolute Gasteiger partial charge is 0.338 e. The van der Waals surface area contributed by atoms with Crippen LogP contribution >= 0.6 is 27.5 Å². The number of hydrogen-bond acceptors (Lipinski definition) is 4. The van der Waals surface area contributed by atoms with E-state index in [9.17, 15) is 13.6 Å². The summed E-state index contributed by atoms with van der Waals surface area (Å²) >= 11 is 9.34. The van der Waals surface area contributed by atoms with Crippen molar-refractivity contribution < 1.29 is 23.0 Å². The van der Waals surface area contributed by atoms with Crippen molar-refractivity contribution >= 4 is 44.5 Å². The van der Waals surface area contributed by atoms with Gasteiger partial charge < -0.3 is 14.0 Å². The first-order valence-electron chi connectivity index (χ1n) is 8.83. The van der Waals surface area contributed by atoms with Gasteiger partial charge in [-0.05, 0) is 52.7 Å². The fraction of sp³-hybridized carbons (Fsp3) is 0.300. The molecule has 0 fully saturated rings. The van der Waals surface area contributed by atoms with E-state index in [1.807, 2.05) is 0 Å². The SMILES string of the molecule is CCOC(=O)c1cc(F)c2nc(Cc3cc(F)c(Br)cc3Cl)n(CCOC)c2c1. The highest BCUT2D eigenvalue weighted by Gasteiger charge is 2.20. The molecule has 9 heteroatoms. The molecule has 29 heavy (non-hydrogen) atoms. The van der Waals surface area contributed by atoms with Crippen molar-refractivity contribution in [3.8, 4) is 0 Å². The minimum atomic E-state index is -0.643. The number of imidazole rings is 1. The summed E-state index contributed by atoms with van der Waals surface area (Å²) < 4.78 is 40.8. The van der Waals surface area contributed by atoms with E-state index in [0.717, 1.165) is 6.07 Å². The zero-order valence-electron chi connectivity index (χ0n) is 15.8. The van der Waals surface area contributed by atoms with Crippen LogP contribution in [0.5, 0.6) is 0 Å². The van der Waals surface area contributed by atoms with Crippen molar-refractivity contribution in [3.63, 3.8) is 0 Å². The second kappa shape index (κ2) is 9.19. The monoisotopic (exact) mass is 486 g/mol. The fourth-order valence-corrected chi connectivity index (χ4v) is 3.70. The minimum absolute atomic E-state index is 0.0923. The van der Waals surface area contributed by atoms with E-state index < -0.39 is 17.6 Å². The second-order valence-corrected chi connectivity index (χ2v) is 7.51. The summed E-state index contributed by atoms with van der Waals surface area (Å²) in [6.07, 6.45) is 0.176. The summed E-state index contributed by atoms with van der Waals surface area (Å²) in [6, 6.07) is 5.41. The van der Waals surface area contributed by atoms with Crippen molar-refractivity contribution in [3.05, 3.63) is 62.3 Å². The van der Waals surface area contributed by atoms with Gasteiger partial charge in [0.25, 0.3) is 0 Å². The highest BCUT2D eigenvalue weighted by molar-refractivity contribution is 9.10. The number of rotatable bonds is 7. The first kappa shape index (κ1) is 21.7. The topological polar surface area (TPSA) is 53.3 Å². The Labute approximate surface area is 179 Å². The van der Waals surface area contributed by atoms with Crippen LogP contribution < -0.4 is 0 Å². The van der Waals surface area contributed by atoms with Crippen LogP contribution in [0.15, 0.2) is 28.7 Å². The zero-order valence-corrected chi connectivity index (χ0v) is 18.1. The molecule has 1 aromatic heterocycles. The molecular weight excluding hydrogens is 470 g/mol. The van der Waals surface area contributed by atoms with Crippen molar-refractivity contribution in [1.29, 1.82) is 0 Å². The number of hydrogen-bond donors (Lipinski definition) is 0. The van der Waals surface area contributed by atoms with E-state index >= 15 is 0 Å². The Bertz CT molecular complexity index is 1070. The number of carbonyl (C=O) groups is 1. The van der Waals surface area contributed by atoms with Crippen LogP contribution in [0.1, 0.15) is 28.7 Å². The Morgan fingerprint density at radius 1 is 1.24 bits per heavy atom. The van der Waals surface area contributed by atoms with E-state index in [-0.39, 0.29) is 28.6 Å². The van der Waals surface area contributed by atoms with Gasteiger partial charge in [-0.25, -0.2) is 18.6 Å². The van der Waals surface area contributed by atoms with Crippen LogP contribution in [0.2, 0.25) is 5.02 Å². The van der Waals surface area contributed by atoms with Crippen molar-refractivity contribution in [1.82, 2.24) is 9.55 Å². The molecule has 0 aliphatic carbocycles. The van der Waals surface area contributed by atoms with Gasteiger partial charge in [-0.15, -0.1) is 0 Å². The van der Waals surface area contributed by atoms with E-state index in [1.54, 1.807) is 18.6 Å². The zero-order chi connectivity index (χ0) is 21.1. The van der Waals surface area contributed by atoms with Crippen LogP contribution in [0.3, 0.4) is 0 Å². The molecule has 0 spiro atoms. The van der Waals surface area contributed by atoms with Crippen molar-refractivity contribution in [2.45, 2.75) is 19.9 Å². The molecule has 0 saturated carbocycles. The lowest BCUT2D eigenvalue weighted by Gasteiger charge is -2.11. The summed E-state index contributed by atoms with van der Waals surface area (Å²) in [7, 11) is 1.55. The third-order valence-electron chi connectivity index (χ3n) is 4.35. The van der Waals surface area contributed by atoms with E-state index in [1.165, 1.54) is 18.2 Å². The quantitative estimate of drug-likeness (QED) is 0.342. The van der Waals surface area contributed by atoms with Gasteiger partial charge in [0.2, 0.25) is 0 Å². The highest BCUT2D eigenvalue weighted by atomic mass is 79.9. The van der Waals surface area contributed by atoms with Gasteiger partial charge in [0.05, 0.1) is 28.8 Å². The van der Waals surface area contributed by atoms with Gasteiger partial charge in [0.15, 0.2) is 5.82 Å². The largest absolute Gasteiger partial charge is 0.462 e. The molecule has 0 saturated heterocycles. The standard InChI is InChI=1S/C20H18BrClF2N2O3/c1-3-29-20(27)12-7-16(24)19-17(8-12)26(4-5-28-2)18(25-19)9-11-6-15(23)13(21)10-14(11)22/h6-8,10H,3-5,9H2,1-2H3. The highest BCUT2D eigenvalue weighted by Crippen LogP contribution is 2.28. The predicted molar refractivity (Wildman–Crippen MR) is 109 cm³/mol. The van der Waals surface area contributed by atoms with Gasteiger partial charge in [-0.3, -0.25) is 0 Å². The molecule has 0 N–H and O–H groups in total. The summed E-state index contributed by atoms with van der Waals surface area (Å²) in [6.45, 7) is 2.56. The van der Waals surface area contributed by atoms with Gasteiger partial charge >= 0.3 is 5.97 Å². The maximum atomic E-state index is 14.7. The molecule has 154 valence electrons. The number of carbonyl (C=O) groups excluding carboxylic acids is 1. The number of halogens is 4. The Morgan fingerprint density at radius 2 is 2.00 bits per heavy atom. The number of ether oxygens (including phenoxy) is 2. The molecule has 3 aromatic rings. The van der Waals surface area contributed by atoms with Crippen LogP contribution in [-0.4, -0.2) is 35.8 Å². The van der Waals surface area contributed by atoms with Crippen molar-refractivity contribution in [2.75, 3.05) is 20.3 Å². The van der Waals surface area contributed by atoms with Crippen LogP contribution in [0, 0.1) is 11.6 Å². The molecule has 0 bridgehead atoms. The molecule has 0 atom stereocenters. The number of esters is 1. The molecule has 0 radical (unpaired) electrons. The summed E-state index contributed by atoms with van der Waals surface area (Å²) in [5.74, 6) is -1.25. The lowest BCUT2D eigenvalue weighted by molar-refractivity contribution is 0.0526. The molecule has 1 heterocycles. The van der Waals surface area contributed by atoms with Gasteiger partial charge in [-0.2, -0.15) is 0 Å². The molecule has 0 amide bonds. The third kappa shape index (κ3) is 4.60. The number of methoxy groups -OCH3 is 1. The second-order valence-electron chi connectivity index (χ2n) is 6.25. The average molecular weight is 488 g/mol. The molecule has 0 unspecified atom stereocenters. The normalized spacial score (nSPS) is 11.2. The number of benzene rings is 2. The number of fused-ring (bicyclic) bond motifs is 1. The third-order valence-corrected chi connectivity index (χ3v) is 5.31. The minimum Gasteiger partial charge on any atom is -0.462 e. The Kier molecular flexibility index (Phi) is 6.87. The number of nitrogens with zero attached hydrogens (tertiary/aromatic N) is 2. The summed E-state index contributed by atoms with van der Waals surface area (Å²) in [4.78, 5) is 16.5. The van der Waals surface area contributed by atoms with Gasteiger partial charge in [-0.1, -0.05) is 11.6 Å². The van der Waals surface area contributed by atoms with Crippen LogP contribution in [-0.2, 0) is 22.4 Å². The fourth-order valence-electron chi connectivity index (χ4n) is 3.00. The first-order chi connectivity index (χ1) is 13.8. The van der Waals surface area contributed by atoms with Crippen molar-refractivity contribution in [2.24, 2.45) is 0 Å². The first-order valence-corrected chi connectivity index (χ1v) is 10.0. The van der Waals surface area contributed by atoms with E-state index in [4.69, 9.17) is 21.1 Å². The van der Waals surface area contributed by atoms with E-state index in [2.05, 4.69) is 20.9 Å². The molecule has 0 aliphatic rings. The van der Waals surface area contributed by atoms with Gasteiger partial charge in [0, 0.05) is 25.1 Å². The molecule has 0 aliphatic heterocycles. The van der Waals surface area contributed by atoms with Gasteiger partial charge in [0.1, 0.15) is 17.2 Å². The maximum Gasteiger partial charge on any atom is 0.338 e. The Balaban J connectivity index is 2.12. The van der Waals surface area contributed by atoms with Crippen LogP contribution in [0.4, 0.5) is 8.78 Å². The molecule has 3 rings (SSSR count). The lowest BCUT2D eigenvalue weighted by atomic mass is 10.1. The Hall–Kier alpha value is -2.03. The van der Waals surface area contributed by atoms with E-state index in [0.29, 0.717) is 35.1 Å². The Morgan fingerprint density at radius 3 is 2.69 bits per heavy atom. The summed E-state index contributed by atoms with van der Waals surface area (Å²) in [5.41, 5.74) is 1.13. The predicted octanol–water partition coefficient (Wildman–Crippen LogP) is 5.14. The average Bonchev–Trinajstić information content (AvgIpc) is 3.02. The van der Waals surface area contributed by atoms with Crippen LogP contribution in [0.25, 0.3) is 11.0 Å².